The van der Waals surface area contributed by atoms with Gasteiger partial charge < -0.3 is 21.7 Å². The molecule has 2 aromatic carbocycles. The fourth-order valence-corrected chi connectivity index (χ4v) is 2.91. The minimum Gasteiger partial charge on any atom is -0.399 e. The van der Waals surface area contributed by atoms with Gasteiger partial charge in [0.1, 0.15) is 0 Å². The summed E-state index contributed by atoms with van der Waals surface area (Å²) in [6.07, 6.45) is -10.6. The van der Waals surface area contributed by atoms with Crippen LogP contribution in [0.1, 0.15) is 36.1 Å². The molecule has 0 radical (unpaired) electrons. The van der Waals surface area contributed by atoms with Gasteiger partial charge in [0.15, 0.2) is 11.2 Å². The second-order valence-corrected chi connectivity index (χ2v) is 7.15. The van der Waals surface area contributed by atoms with E-state index < -0.39 is 41.1 Å². The molecule has 0 fully saturated rings. The van der Waals surface area contributed by atoms with Crippen molar-refractivity contribution in [2.75, 3.05) is 11.5 Å². The van der Waals surface area contributed by atoms with E-state index in [4.69, 9.17) is 11.5 Å². The SMILES string of the molecule is CC(O)(c1cc(N)ccc1Cc1ccc(N)cc1C(C)(O)C(F)(F)F)C(F)(F)F. The van der Waals surface area contributed by atoms with E-state index in [1.54, 1.807) is 0 Å². The van der Waals surface area contributed by atoms with E-state index in [0.29, 0.717) is 13.8 Å². The van der Waals surface area contributed by atoms with Crippen LogP contribution < -0.4 is 11.5 Å². The van der Waals surface area contributed by atoms with Crippen molar-refractivity contribution >= 4 is 11.4 Å². The van der Waals surface area contributed by atoms with Gasteiger partial charge in [0.2, 0.25) is 0 Å². The summed E-state index contributed by atoms with van der Waals surface area (Å²) in [7, 11) is 0. The van der Waals surface area contributed by atoms with Crippen LogP contribution in [0.2, 0.25) is 0 Å². The smallest absolute Gasteiger partial charge is 0.399 e. The predicted octanol–water partition coefficient (Wildman–Crippen LogP) is 3.98. The van der Waals surface area contributed by atoms with Gasteiger partial charge in [-0.2, -0.15) is 26.3 Å². The minimum atomic E-state index is -5.06. The summed E-state index contributed by atoms with van der Waals surface area (Å²) in [4.78, 5) is 0. The van der Waals surface area contributed by atoms with E-state index >= 15 is 0 Å². The molecule has 0 aliphatic heterocycles. The fourth-order valence-electron chi connectivity index (χ4n) is 2.91. The van der Waals surface area contributed by atoms with Gasteiger partial charge >= 0.3 is 12.4 Å². The molecule has 0 saturated carbocycles. The van der Waals surface area contributed by atoms with Crippen LogP contribution >= 0.6 is 0 Å². The summed E-state index contributed by atoms with van der Waals surface area (Å²) in [5.41, 5.74) is 2.99. The number of aliphatic hydroxyl groups is 2. The molecular formula is C19H20F6N2O2. The summed E-state index contributed by atoms with van der Waals surface area (Å²) < 4.78 is 80.1. The first kappa shape index (κ1) is 22.8. The third-order valence-corrected chi connectivity index (χ3v) is 4.80. The molecule has 2 atom stereocenters. The zero-order chi connectivity index (χ0) is 22.4. The van der Waals surface area contributed by atoms with Gasteiger partial charge in [-0.05, 0) is 66.8 Å². The van der Waals surface area contributed by atoms with E-state index in [1.807, 2.05) is 0 Å². The molecule has 10 heteroatoms. The van der Waals surface area contributed by atoms with Crippen molar-refractivity contribution in [1.29, 1.82) is 0 Å². The molecule has 2 unspecified atom stereocenters. The lowest BCUT2D eigenvalue weighted by Crippen LogP contribution is -2.41. The highest BCUT2D eigenvalue weighted by atomic mass is 19.4. The Balaban J connectivity index is 2.66. The lowest BCUT2D eigenvalue weighted by molar-refractivity contribution is -0.259. The number of halogens is 6. The van der Waals surface area contributed by atoms with Crippen molar-refractivity contribution < 1.29 is 36.6 Å². The van der Waals surface area contributed by atoms with E-state index in [-0.39, 0.29) is 22.5 Å². The molecule has 0 bridgehead atoms. The Morgan fingerprint density at radius 3 is 1.28 bits per heavy atom. The van der Waals surface area contributed by atoms with Crippen molar-refractivity contribution in [3.63, 3.8) is 0 Å². The molecule has 6 N–H and O–H groups in total. The molecule has 2 aromatic rings. The Hall–Kier alpha value is -2.46. The van der Waals surface area contributed by atoms with E-state index in [0.717, 1.165) is 12.1 Å². The number of hydrogen-bond acceptors (Lipinski definition) is 4. The molecule has 0 heterocycles. The third kappa shape index (κ3) is 4.27. The molecular weight excluding hydrogens is 402 g/mol. The quantitative estimate of drug-likeness (QED) is 0.443. The van der Waals surface area contributed by atoms with Crippen LogP contribution in [0.3, 0.4) is 0 Å². The molecule has 0 aliphatic rings. The first-order chi connectivity index (χ1) is 13.0. The molecule has 0 spiro atoms. The number of nitrogens with two attached hydrogens (primary N) is 2. The Kier molecular flexibility index (Phi) is 5.59. The number of benzene rings is 2. The lowest BCUT2D eigenvalue weighted by Gasteiger charge is -2.31. The van der Waals surface area contributed by atoms with Gasteiger partial charge in [-0.1, -0.05) is 12.1 Å². The summed E-state index contributed by atoms with van der Waals surface area (Å²) in [5, 5.41) is 20.2. The van der Waals surface area contributed by atoms with Crippen LogP contribution in [0.4, 0.5) is 37.7 Å². The fraction of sp³-hybridized carbons (Fsp3) is 0.368. The average Bonchev–Trinajstić information content (AvgIpc) is 2.55. The highest BCUT2D eigenvalue weighted by Gasteiger charge is 2.53. The van der Waals surface area contributed by atoms with Crippen LogP contribution in [0, 0.1) is 0 Å². The lowest BCUT2D eigenvalue weighted by atomic mass is 9.84. The van der Waals surface area contributed by atoms with Crippen LogP contribution in [0.25, 0.3) is 0 Å². The molecule has 0 aromatic heterocycles. The maximum atomic E-state index is 13.4. The number of alkyl halides is 6. The molecule has 0 amide bonds. The molecule has 0 saturated heterocycles. The van der Waals surface area contributed by atoms with Gasteiger partial charge in [-0.3, -0.25) is 0 Å². The van der Waals surface area contributed by atoms with E-state index in [1.165, 1.54) is 24.3 Å². The summed E-state index contributed by atoms with van der Waals surface area (Å²) >= 11 is 0. The molecule has 4 nitrogen and oxygen atoms in total. The van der Waals surface area contributed by atoms with Gasteiger partial charge in [-0.25, -0.2) is 0 Å². The zero-order valence-electron chi connectivity index (χ0n) is 15.5. The zero-order valence-corrected chi connectivity index (χ0v) is 15.5. The summed E-state index contributed by atoms with van der Waals surface area (Å²) in [6, 6.07) is 6.75. The van der Waals surface area contributed by atoms with Crippen LogP contribution in [-0.4, -0.2) is 22.6 Å². The number of rotatable bonds is 4. The largest absolute Gasteiger partial charge is 0.421 e. The predicted molar refractivity (Wildman–Crippen MR) is 95.8 cm³/mol. The van der Waals surface area contributed by atoms with Crippen LogP contribution in [0.5, 0.6) is 0 Å². The van der Waals surface area contributed by atoms with Crippen LogP contribution in [0.15, 0.2) is 36.4 Å². The van der Waals surface area contributed by atoms with Crippen LogP contribution in [-0.2, 0) is 17.6 Å². The van der Waals surface area contributed by atoms with E-state index in [9.17, 15) is 36.6 Å². The normalized spacial score (nSPS) is 16.9. The van der Waals surface area contributed by atoms with Gasteiger partial charge in [0.05, 0.1) is 0 Å². The molecule has 0 aliphatic carbocycles. The topological polar surface area (TPSA) is 92.5 Å². The van der Waals surface area contributed by atoms with Crippen molar-refractivity contribution in [2.24, 2.45) is 0 Å². The molecule has 160 valence electrons. The average molecular weight is 422 g/mol. The number of hydrogen-bond donors (Lipinski definition) is 4. The maximum absolute atomic E-state index is 13.4. The highest BCUT2D eigenvalue weighted by Crippen LogP contribution is 2.43. The monoisotopic (exact) mass is 422 g/mol. The highest BCUT2D eigenvalue weighted by molar-refractivity contribution is 5.52. The number of nitrogen functional groups attached to an aromatic ring is 2. The van der Waals surface area contributed by atoms with Gasteiger partial charge in [0.25, 0.3) is 0 Å². The maximum Gasteiger partial charge on any atom is 0.421 e. The second-order valence-electron chi connectivity index (χ2n) is 7.15. The Bertz CT molecular complexity index is 831. The minimum absolute atomic E-state index is 0.0620. The molecule has 29 heavy (non-hydrogen) atoms. The second kappa shape index (κ2) is 7.10. The van der Waals surface area contributed by atoms with Crippen molar-refractivity contribution in [1.82, 2.24) is 0 Å². The standard InChI is InChI=1S/C19H20F6N2O2/c1-16(28,18(20,21)22)14-8-12(26)5-3-10(14)7-11-4-6-13(27)9-15(11)17(2,29)19(23,24)25/h3-6,8-9,28-29H,7,26-27H2,1-2H3. The first-order valence-corrected chi connectivity index (χ1v) is 8.34. The van der Waals surface area contributed by atoms with Gasteiger partial charge in [0, 0.05) is 11.4 Å². The molecule has 2 rings (SSSR count). The Labute approximate surface area is 162 Å². The van der Waals surface area contributed by atoms with Crippen molar-refractivity contribution in [3.8, 4) is 0 Å². The van der Waals surface area contributed by atoms with Crippen molar-refractivity contribution in [3.05, 3.63) is 58.7 Å². The van der Waals surface area contributed by atoms with Crippen molar-refractivity contribution in [2.45, 2.75) is 43.8 Å². The summed E-state index contributed by atoms with van der Waals surface area (Å²) in [5.74, 6) is 0. The first-order valence-electron chi connectivity index (χ1n) is 8.34. The van der Waals surface area contributed by atoms with Gasteiger partial charge in [-0.15, -0.1) is 0 Å². The number of anilines is 2. The summed E-state index contributed by atoms with van der Waals surface area (Å²) in [6.45, 7) is 1.06. The van der Waals surface area contributed by atoms with E-state index in [2.05, 4.69) is 0 Å². The Morgan fingerprint density at radius 2 is 1.00 bits per heavy atom. The third-order valence-electron chi connectivity index (χ3n) is 4.80. The Morgan fingerprint density at radius 1 is 0.690 bits per heavy atom.